The first-order valence-corrected chi connectivity index (χ1v) is 8.31. The summed E-state index contributed by atoms with van der Waals surface area (Å²) in [6, 6.07) is 0.747. The van der Waals surface area contributed by atoms with Gasteiger partial charge in [0, 0.05) is 13.2 Å². The van der Waals surface area contributed by atoms with Crippen molar-refractivity contribution in [3.63, 3.8) is 0 Å². The Hall–Kier alpha value is -1.01. The zero-order chi connectivity index (χ0) is 14.7. The van der Waals surface area contributed by atoms with Crippen molar-refractivity contribution >= 4 is 0 Å². The van der Waals surface area contributed by atoms with Gasteiger partial charge in [-0.3, -0.25) is 4.90 Å². The molecule has 3 rings (SSSR count). The summed E-state index contributed by atoms with van der Waals surface area (Å²) in [5, 5.41) is 12.5. The molecular weight excluding hydrogens is 266 g/mol. The number of rotatable bonds is 5. The summed E-state index contributed by atoms with van der Waals surface area (Å²) in [4.78, 5) is 2.37. The maximum atomic E-state index is 5.48. The fourth-order valence-electron chi connectivity index (χ4n) is 3.55. The van der Waals surface area contributed by atoms with Crippen molar-refractivity contribution in [2.45, 2.75) is 57.5 Å². The van der Waals surface area contributed by atoms with E-state index < -0.39 is 0 Å². The third-order valence-electron chi connectivity index (χ3n) is 5.04. The fourth-order valence-corrected chi connectivity index (χ4v) is 3.55. The topological polar surface area (TPSA) is 56.1 Å². The first-order chi connectivity index (χ1) is 10.3. The van der Waals surface area contributed by atoms with Gasteiger partial charge in [-0.2, -0.15) is 0 Å². The predicted molar refractivity (Wildman–Crippen MR) is 79.9 cm³/mol. The predicted octanol–water partition coefficient (Wildman–Crippen LogP) is 2.21. The Morgan fingerprint density at radius 1 is 1.29 bits per heavy atom. The molecule has 6 heteroatoms. The quantitative estimate of drug-likeness (QED) is 0.833. The molecule has 2 unspecified atom stereocenters. The number of nitrogens with zero attached hydrogens (tertiary/aromatic N) is 5. The summed E-state index contributed by atoms with van der Waals surface area (Å²) in [6.07, 6.45) is 7.55. The number of tetrazole rings is 1. The lowest BCUT2D eigenvalue weighted by Crippen LogP contribution is -2.31. The van der Waals surface area contributed by atoms with Gasteiger partial charge in [-0.15, -0.1) is 5.10 Å². The van der Waals surface area contributed by atoms with Crippen molar-refractivity contribution < 1.29 is 4.74 Å². The summed E-state index contributed by atoms with van der Waals surface area (Å²) in [6.45, 7) is 5.07. The molecule has 0 radical (unpaired) electrons. The van der Waals surface area contributed by atoms with Crippen LogP contribution in [0.4, 0.5) is 0 Å². The standard InChI is InChI=1S/C15H27N5O/c1-12(19(2)10-13-8-9-21-11-13)15-16-17-18-20(15)14-6-4-3-5-7-14/h12-14H,3-11H2,1-2H3. The van der Waals surface area contributed by atoms with E-state index in [9.17, 15) is 0 Å². The molecule has 2 atom stereocenters. The van der Waals surface area contributed by atoms with E-state index >= 15 is 0 Å². The SMILES string of the molecule is CC(c1nnnn1C1CCCCC1)N(C)CC1CCOC1. The highest BCUT2D eigenvalue weighted by Gasteiger charge is 2.27. The number of aromatic nitrogens is 4. The Labute approximate surface area is 126 Å². The normalized spacial score (nSPS) is 25.6. The lowest BCUT2D eigenvalue weighted by atomic mass is 9.95. The second-order valence-electron chi connectivity index (χ2n) is 6.62. The van der Waals surface area contributed by atoms with Gasteiger partial charge in [-0.1, -0.05) is 19.3 Å². The molecule has 1 aliphatic heterocycles. The van der Waals surface area contributed by atoms with Crippen molar-refractivity contribution in [1.82, 2.24) is 25.1 Å². The third kappa shape index (κ3) is 3.43. The van der Waals surface area contributed by atoms with Gasteiger partial charge in [-0.05, 0) is 49.6 Å². The highest BCUT2D eigenvalue weighted by molar-refractivity contribution is 4.93. The molecule has 0 N–H and O–H groups in total. The number of hydrogen-bond acceptors (Lipinski definition) is 5. The van der Waals surface area contributed by atoms with Crippen molar-refractivity contribution in [3.05, 3.63) is 5.82 Å². The Kier molecular flexibility index (Phi) is 4.85. The van der Waals surface area contributed by atoms with Crippen LogP contribution in [0.1, 0.15) is 63.4 Å². The maximum absolute atomic E-state index is 5.48. The molecule has 1 aliphatic carbocycles. The molecule has 1 aromatic rings. The first-order valence-electron chi connectivity index (χ1n) is 8.31. The molecule has 1 aromatic heterocycles. The molecule has 118 valence electrons. The van der Waals surface area contributed by atoms with E-state index in [0.717, 1.165) is 25.6 Å². The molecule has 1 saturated carbocycles. The van der Waals surface area contributed by atoms with E-state index in [-0.39, 0.29) is 6.04 Å². The van der Waals surface area contributed by atoms with Crippen molar-refractivity contribution in [2.24, 2.45) is 5.92 Å². The van der Waals surface area contributed by atoms with Gasteiger partial charge >= 0.3 is 0 Å². The van der Waals surface area contributed by atoms with Crippen LogP contribution in [0.5, 0.6) is 0 Å². The molecule has 0 aromatic carbocycles. The average Bonchev–Trinajstić information content (AvgIpc) is 3.18. The smallest absolute Gasteiger partial charge is 0.168 e. The Morgan fingerprint density at radius 3 is 2.81 bits per heavy atom. The van der Waals surface area contributed by atoms with Crippen molar-refractivity contribution in [3.8, 4) is 0 Å². The lowest BCUT2D eigenvalue weighted by molar-refractivity contribution is 0.159. The van der Waals surface area contributed by atoms with E-state index in [4.69, 9.17) is 4.74 Å². The highest BCUT2D eigenvalue weighted by atomic mass is 16.5. The summed E-state index contributed by atoms with van der Waals surface area (Å²) in [5.41, 5.74) is 0. The second-order valence-corrected chi connectivity index (χ2v) is 6.62. The van der Waals surface area contributed by atoms with Crippen LogP contribution in [0.25, 0.3) is 0 Å². The van der Waals surface area contributed by atoms with Gasteiger partial charge in [0.05, 0.1) is 18.7 Å². The maximum Gasteiger partial charge on any atom is 0.168 e. The molecule has 0 spiro atoms. The van der Waals surface area contributed by atoms with Crippen LogP contribution in [-0.2, 0) is 4.74 Å². The van der Waals surface area contributed by atoms with Crippen LogP contribution in [0.15, 0.2) is 0 Å². The van der Waals surface area contributed by atoms with Gasteiger partial charge < -0.3 is 4.74 Å². The van der Waals surface area contributed by atoms with Gasteiger partial charge in [0.2, 0.25) is 0 Å². The highest BCUT2D eigenvalue weighted by Crippen LogP contribution is 2.30. The summed E-state index contributed by atoms with van der Waals surface area (Å²) < 4.78 is 7.56. The molecular formula is C15H27N5O. The van der Waals surface area contributed by atoms with E-state index in [0.29, 0.717) is 12.0 Å². The Morgan fingerprint density at radius 2 is 2.10 bits per heavy atom. The molecule has 2 fully saturated rings. The molecule has 21 heavy (non-hydrogen) atoms. The van der Waals surface area contributed by atoms with Gasteiger partial charge in [0.1, 0.15) is 0 Å². The van der Waals surface area contributed by atoms with Gasteiger partial charge in [-0.25, -0.2) is 4.68 Å². The number of ether oxygens (including phenoxy) is 1. The molecule has 6 nitrogen and oxygen atoms in total. The van der Waals surface area contributed by atoms with Gasteiger partial charge in [0.15, 0.2) is 5.82 Å². The first kappa shape index (κ1) is 14.9. The van der Waals surface area contributed by atoms with Crippen molar-refractivity contribution in [2.75, 3.05) is 26.8 Å². The monoisotopic (exact) mass is 293 g/mol. The number of hydrogen-bond donors (Lipinski definition) is 0. The third-order valence-corrected chi connectivity index (χ3v) is 5.04. The largest absolute Gasteiger partial charge is 0.381 e. The lowest BCUT2D eigenvalue weighted by Gasteiger charge is -2.28. The van der Waals surface area contributed by atoms with Crippen LogP contribution in [0.3, 0.4) is 0 Å². The minimum Gasteiger partial charge on any atom is -0.381 e. The van der Waals surface area contributed by atoms with Gasteiger partial charge in [0.25, 0.3) is 0 Å². The Balaban J connectivity index is 1.66. The molecule has 2 heterocycles. The zero-order valence-corrected chi connectivity index (χ0v) is 13.2. The summed E-state index contributed by atoms with van der Waals surface area (Å²) in [5.74, 6) is 1.67. The van der Waals surface area contributed by atoms with E-state index in [1.165, 1.54) is 38.5 Å². The van der Waals surface area contributed by atoms with Crippen LogP contribution in [0, 0.1) is 5.92 Å². The van der Waals surface area contributed by atoms with Crippen LogP contribution in [-0.4, -0.2) is 51.9 Å². The minimum absolute atomic E-state index is 0.252. The second kappa shape index (κ2) is 6.83. The fraction of sp³-hybridized carbons (Fsp3) is 0.933. The van der Waals surface area contributed by atoms with E-state index in [1.54, 1.807) is 0 Å². The molecule has 0 bridgehead atoms. The van der Waals surface area contributed by atoms with E-state index in [1.807, 2.05) is 0 Å². The summed E-state index contributed by atoms with van der Waals surface area (Å²) in [7, 11) is 2.17. The average molecular weight is 293 g/mol. The summed E-state index contributed by atoms with van der Waals surface area (Å²) >= 11 is 0. The van der Waals surface area contributed by atoms with Crippen LogP contribution in [0.2, 0.25) is 0 Å². The van der Waals surface area contributed by atoms with Crippen LogP contribution < -0.4 is 0 Å². The molecule has 2 aliphatic rings. The van der Waals surface area contributed by atoms with Crippen LogP contribution >= 0.6 is 0 Å². The molecule has 1 saturated heterocycles. The Bertz CT molecular complexity index is 437. The zero-order valence-electron chi connectivity index (χ0n) is 13.2. The van der Waals surface area contributed by atoms with Crippen molar-refractivity contribution in [1.29, 1.82) is 0 Å². The minimum atomic E-state index is 0.252. The molecule has 0 amide bonds. The van der Waals surface area contributed by atoms with E-state index in [2.05, 4.69) is 39.1 Å².